The fourth-order valence-corrected chi connectivity index (χ4v) is 5.10. The van der Waals surface area contributed by atoms with Crippen LogP contribution in [0.15, 0.2) is 66.7 Å². The lowest BCUT2D eigenvalue weighted by Gasteiger charge is -2.16. The van der Waals surface area contributed by atoms with Crippen LogP contribution in [0.2, 0.25) is 0 Å². The molecule has 2 N–H and O–H groups in total. The van der Waals surface area contributed by atoms with Crippen LogP contribution < -0.4 is 10.5 Å². The van der Waals surface area contributed by atoms with Crippen LogP contribution in [0.25, 0.3) is 11.3 Å². The number of carbonyl (C=O) groups is 2. The number of amides is 1. The zero-order chi connectivity index (χ0) is 25.8. The minimum Gasteiger partial charge on any atom is -0.457 e. The molecule has 192 valence electrons. The molecule has 3 aromatic rings. The lowest BCUT2D eigenvalue weighted by atomic mass is 10.0. The van der Waals surface area contributed by atoms with E-state index in [0.717, 1.165) is 37.4 Å². The summed E-state index contributed by atoms with van der Waals surface area (Å²) < 4.78 is 7.61. The first-order valence-electron chi connectivity index (χ1n) is 12.9. The molecule has 0 aliphatic carbocycles. The van der Waals surface area contributed by atoms with Crippen molar-refractivity contribution in [3.8, 4) is 22.8 Å². The number of Topliss-reactive ketones (excluding diaryl/α,β-unsaturated/α-hetero) is 1. The predicted molar refractivity (Wildman–Crippen MR) is 144 cm³/mol. The second-order valence-corrected chi connectivity index (χ2v) is 9.69. The molecule has 2 fully saturated rings. The van der Waals surface area contributed by atoms with Crippen molar-refractivity contribution in [2.24, 2.45) is 0 Å². The van der Waals surface area contributed by atoms with E-state index in [-0.39, 0.29) is 17.7 Å². The van der Waals surface area contributed by atoms with E-state index in [1.807, 2.05) is 65.6 Å². The van der Waals surface area contributed by atoms with Crippen molar-refractivity contribution in [3.05, 3.63) is 72.3 Å². The second kappa shape index (κ2) is 11.0. The highest BCUT2D eigenvalue weighted by Gasteiger charge is 2.31. The summed E-state index contributed by atoms with van der Waals surface area (Å²) in [7, 11) is 0. The fourth-order valence-electron chi connectivity index (χ4n) is 5.10. The van der Waals surface area contributed by atoms with Gasteiger partial charge in [0.05, 0.1) is 11.6 Å². The van der Waals surface area contributed by atoms with Gasteiger partial charge in [0.1, 0.15) is 23.0 Å². The number of aromatic nitrogens is 2. The van der Waals surface area contributed by atoms with Crippen molar-refractivity contribution < 1.29 is 14.3 Å². The van der Waals surface area contributed by atoms with Crippen molar-refractivity contribution in [1.29, 1.82) is 0 Å². The number of nitrogen functional groups attached to an aromatic ring is 1. The first-order valence-corrected chi connectivity index (χ1v) is 12.9. The molecule has 2 aromatic carbocycles. The van der Waals surface area contributed by atoms with Gasteiger partial charge in [-0.15, -0.1) is 0 Å². The quantitative estimate of drug-likeness (QED) is 0.361. The number of hydrogen-bond acceptors (Lipinski definition) is 6. The van der Waals surface area contributed by atoms with Crippen molar-refractivity contribution >= 4 is 17.5 Å². The third-order valence-electron chi connectivity index (χ3n) is 7.05. The molecule has 0 radical (unpaired) electrons. The number of benzene rings is 2. The maximum absolute atomic E-state index is 12.7. The molecule has 2 aliphatic heterocycles. The first kappa shape index (κ1) is 24.8. The third kappa shape index (κ3) is 5.59. The molecule has 0 spiro atoms. The van der Waals surface area contributed by atoms with E-state index in [4.69, 9.17) is 15.6 Å². The third-order valence-corrected chi connectivity index (χ3v) is 7.05. The lowest BCUT2D eigenvalue weighted by Crippen LogP contribution is -2.28. The van der Waals surface area contributed by atoms with Gasteiger partial charge in [0.15, 0.2) is 5.78 Å². The maximum Gasteiger partial charge on any atom is 0.246 e. The number of para-hydroxylation sites is 1. The number of rotatable bonds is 8. The monoisotopic (exact) mass is 499 g/mol. The summed E-state index contributed by atoms with van der Waals surface area (Å²) in [4.78, 5) is 29.5. The Labute approximate surface area is 217 Å². The highest BCUT2D eigenvalue weighted by molar-refractivity contribution is 6.04. The van der Waals surface area contributed by atoms with Crippen molar-refractivity contribution in [2.45, 2.75) is 32.2 Å². The van der Waals surface area contributed by atoms with E-state index in [9.17, 15) is 9.59 Å². The van der Waals surface area contributed by atoms with Gasteiger partial charge in [0, 0.05) is 31.3 Å². The Morgan fingerprint density at radius 1 is 1.03 bits per heavy atom. The van der Waals surface area contributed by atoms with Gasteiger partial charge in [-0.25, -0.2) is 4.68 Å². The summed E-state index contributed by atoms with van der Waals surface area (Å²) in [5, 5.41) is 4.77. The highest BCUT2D eigenvalue weighted by atomic mass is 16.5. The Balaban J connectivity index is 1.30. The van der Waals surface area contributed by atoms with Crippen LogP contribution in [0.5, 0.6) is 11.5 Å². The summed E-state index contributed by atoms with van der Waals surface area (Å²) in [6.45, 7) is 5.67. The topological polar surface area (TPSA) is 93.7 Å². The van der Waals surface area contributed by atoms with Crippen molar-refractivity contribution in [1.82, 2.24) is 19.6 Å². The number of nitrogens with zero attached hydrogens (tertiary/aromatic N) is 4. The molecule has 8 nitrogen and oxygen atoms in total. The van der Waals surface area contributed by atoms with E-state index in [1.165, 1.54) is 19.8 Å². The number of carbonyl (C=O) groups excluding carboxylic acids is 2. The van der Waals surface area contributed by atoms with Crippen LogP contribution in [0.1, 0.15) is 42.6 Å². The molecule has 1 atom stereocenters. The molecule has 3 heterocycles. The SMILES string of the molecule is CC(=O)c1c(-c2ccc(Oc3ccccc3)cc2)nn([C@@H]2CCN(C(=O)/C=C/CN3CCCC3)C2)c1N. The van der Waals surface area contributed by atoms with Gasteiger partial charge in [-0.05, 0) is 75.7 Å². The van der Waals surface area contributed by atoms with Crippen LogP contribution in [0.3, 0.4) is 0 Å². The minimum absolute atomic E-state index is 0.00782. The Morgan fingerprint density at radius 3 is 2.43 bits per heavy atom. The Bertz CT molecular complexity index is 1280. The summed E-state index contributed by atoms with van der Waals surface area (Å²) in [6.07, 6.45) is 6.84. The molecule has 8 heteroatoms. The van der Waals surface area contributed by atoms with E-state index >= 15 is 0 Å². The lowest BCUT2D eigenvalue weighted by molar-refractivity contribution is -0.125. The van der Waals surface area contributed by atoms with Gasteiger partial charge in [0.25, 0.3) is 0 Å². The molecule has 0 bridgehead atoms. The predicted octanol–water partition coefficient (Wildman–Crippen LogP) is 4.55. The molecule has 2 saturated heterocycles. The number of likely N-dealkylation sites (tertiary alicyclic amines) is 2. The fraction of sp³-hybridized carbons (Fsp3) is 0.345. The van der Waals surface area contributed by atoms with Crippen LogP contribution >= 0.6 is 0 Å². The summed E-state index contributed by atoms with van der Waals surface area (Å²) in [5.41, 5.74) is 8.20. The second-order valence-electron chi connectivity index (χ2n) is 9.69. The Hall–Kier alpha value is -3.91. The summed E-state index contributed by atoms with van der Waals surface area (Å²) in [5.74, 6) is 1.65. The largest absolute Gasteiger partial charge is 0.457 e. The minimum atomic E-state index is -0.140. The van der Waals surface area contributed by atoms with Crippen LogP contribution in [0, 0.1) is 0 Å². The molecule has 5 rings (SSSR count). The number of hydrogen-bond donors (Lipinski definition) is 1. The molecule has 1 amide bonds. The summed E-state index contributed by atoms with van der Waals surface area (Å²) in [6, 6.07) is 16.9. The first-order chi connectivity index (χ1) is 18.0. The van der Waals surface area contributed by atoms with Crippen LogP contribution in [0.4, 0.5) is 5.82 Å². The van der Waals surface area contributed by atoms with Gasteiger partial charge in [-0.2, -0.15) is 5.10 Å². The van der Waals surface area contributed by atoms with Gasteiger partial charge in [-0.1, -0.05) is 24.3 Å². The van der Waals surface area contributed by atoms with E-state index in [1.54, 1.807) is 10.8 Å². The molecule has 1 aromatic heterocycles. The molecule has 37 heavy (non-hydrogen) atoms. The van der Waals surface area contributed by atoms with Gasteiger partial charge in [0.2, 0.25) is 5.91 Å². The smallest absolute Gasteiger partial charge is 0.246 e. The average molecular weight is 500 g/mol. The number of ether oxygens (including phenoxy) is 1. The van der Waals surface area contributed by atoms with Crippen LogP contribution in [-0.2, 0) is 4.79 Å². The summed E-state index contributed by atoms with van der Waals surface area (Å²) >= 11 is 0. The molecular formula is C29H33N5O3. The normalized spacial score (nSPS) is 18.1. The zero-order valence-electron chi connectivity index (χ0n) is 21.2. The average Bonchev–Trinajstić information content (AvgIpc) is 3.65. The Kier molecular flexibility index (Phi) is 7.37. The number of ketones is 1. The van der Waals surface area contributed by atoms with Crippen molar-refractivity contribution in [3.63, 3.8) is 0 Å². The van der Waals surface area contributed by atoms with Gasteiger partial charge in [-0.3, -0.25) is 14.5 Å². The maximum atomic E-state index is 12.7. The zero-order valence-corrected chi connectivity index (χ0v) is 21.2. The van der Waals surface area contributed by atoms with Gasteiger partial charge < -0.3 is 15.4 Å². The number of anilines is 1. The molecule has 0 saturated carbocycles. The molecule has 0 unspecified atom stereocenters. The van der Waals surface area contributed by atoms with Crippen molar-refractivity contribution in [2.75, 3.05) is 38.5 Å². The standard InChI is InChI=1S/C29H33N5O3/c1-21(35)27-28(22-11-13-25(14-12-22)37-24-8-3-2-4-9-24)31-34(29(27)30)23-15-19-33(20-23)26(36)10-7-18-32-16-5-6-17-32/h2-4,7-14,23H,5-6,15-20,30H2,1H3/b10-7+/t23-/m1/s1. The van der Waals surface area contributed by atoms with E-state index in [2.05, 4.69) is 4.90 Å². The van der Waals surface area contributed by atoms with E-state index in [0.29, 0.717) is 35.9 Å². The Morgan fingerprint density at radius 2 is 1.73 bits per heavy atom. The highest BCUT2D eigenvalue weighted by Crippen LogP contribution is 2.34. The van der Waals surface area contributed by atoms with Crippen LogP contribution in [-0.4, -0.2) is 64.0 Å². The molecule has 2 aliphatic rings. The van der Waals surface area contributed by atoms with Gasteiger partial charge >= 0.3 is 0 Å². The van der Waals surface area contributed by atoms with E-state index < -0.39 is 0 Å². The number of nitrogens with two attached hydrogens (primary N) is 1. The molecular weight excluding hydrogens is 466 g/mol.